The van der Waals surface area contributed by atoms with Crippen molar-refractivity contribution in [2.75, 3.05) is 31.6 Å². The summed E-state index contributed by atoms with van der Waals surface area (Å²) < 4.78 is 0. The molecule has 100 valence electrons. The van der Waals surface area contributed by atoms with Gasteiger partial charge < -0.3 is 14.9 Å². The quantitative estimate of drug-likeness (QED) is 0.860. The number of nitrogens with zero attached hydrogens (tertiary/aromatic N) is 3. The van der Waals surface area contributed by atoms with Crippen molar-refractivity contribution in [1.82, 2.24) is 9.88 Å². The first kappa shape index (κ1) is 13.3. The minimum absolute atomic E-state index is 0.0818. The second-order valence-electron chi connectivity index (χ2n) is 5.29. The molecule has 4 nitrogen and oxygen atoms in total. The summed E-state index contributed by atoms with van der Waals surface area (Å²) in [6, 6.07) is 4.41. The normalized spacial score (nSPS) is 22.0. The van der Waals surface area contributed by atoms with Gasteiger partial charge in [0.05, 0.1) is 6.61 Å². The number of hydrogen-bond donors (Lipinski definition) is 1. The Morgan fingerprint density at radius 3 is 2.89 bits per heavy atom. The number of hydrogen-bond acceptors (Lipinski definition) is 4. The molecule has 2 rings (SSSR count). The minimum Gasteiger partial charge on any atom is -0.392 e. The lowest BCUT2D eigenvalue weighted by Gasteiger charge is -2.29. The number of rotatable bonds is 2. The Labute approximate surface area is 109 Å². The molecule has 18 heavy (non-hydrogen) atoms. The SMILES string of the molecule is Cc1cc(CO)cc(N2CCCN(C)CC2C)n1. The third-order valence-corrected chi connectivity index (χ3v) is 3.52. The number of aliphatic hydroxyl groups is 1. The number of aliphatic hydroxyl groups excluding tert-OH is 1. The Hall–Kier alpha value is -1.13. The maximum atomic E-state index is 9.29. The van der Waals surface area contributed by atoms with Crippen LogP contribution in [0.15, 0.2) is 12.1 Å². The topological polar surface area (TPSA) is 39.6 Å². The van der Waals surface area contributed by atoms with Crippen molar-refractivity contribution in [1.29, 1.82) is 0 Å². The lowest BCUT2D eigenvalue weighted by Crippen LogP contribution is -2.38. The van der Waals surface area contributed by atoms with Crippen molar-refractivity contribution < 1.29 is 5.11 Å². The van der Waals surface area contributed by atoms with Crippen LogP contribution in [-0.4, -0.2) is 47.7 Å². The molecule has 1 aromatic heterocycles. The van der Waals surface area contributed by atoms with Crippen LogP contribution >= 0.6 is 0 Å². The smallest absolute Gasteiger partial charge is 0.129 e. The monoisotopic (exact) mass is 249 g/mol. The van der Waals surface area contributed by atoms with Gasteiger partial charge in [0.25, 0.3) is 0 Å². The minimum atomic E-state index is 0.0818. The summed E-state index contributed by atoms with van der Waals surface area (Å²) in [4.78, 5) is 9.34. The highest BCUT2D eigenvalue weighted by Gasteiger charge is 2.21. The molecule has 1 atom stereocenters. The van der Waals surface area contributed by atoms with Crippen LogP contribution in [0.25, 0.3) is 0 Å². The average Bonchev–Trinajstić information content (AvgIpc) is 2.49. The predicted octanol–water partition coefficient (Wildman–Crippen LogP) is 1.41. The molecule has 4 heteroatoms. The van der Waals surface area contributed by atoms with E-state index in [1.54, 1.807) is 0 Å². The summed E-state index contributed by atoms with van der Waals surface area (Å²) in [5, 5.41) is 9.29. The fourth-order valence-corrected chi connectivity index (χ4v) is 2.67. The number of anilines is 1. The van der Waals surface area contributed by atoms with E-state index in [4.69, 9.17) is 0 Å². The third kappa shape index (κ3) is 3.00. The zero-order valence-electron chi connectivity index (χ0n) is 11.6. The molecule has 1 aliphatic heterocycles. The Balaban J connectivity index is 2.26. The molecule has 1 fully saturated rings. The maximum absolute atomic E-state index is 9.29. The van der Waals surface area contributed by atoms with Crippen molar-refractivity contribution in [3.05, 3.63) is 23.4 Å². The van der Waals surface area contributed by atoms with Crippen molar-refractivity contribution >= 4 is 5.82 Å². The molecular weight excluding hydrogens is 226 g/mol. The van der Waals surface area contributed by atoms with E-state index in [9.17, 15) is 5.11 Å². The first-order chi connectivity index (χ1) is 8.60. The molecule has 1 unspecified atom stereocenters. The van der Waals surface area contributed by atoms with Crippen molar-refractivity contribution in [3.8, 4) is 0 Å². The second kappa shape index (κ2) is 5.67. The van der Waals surface area contributed by atoms with Gasteiger partial charge in [-0.2, -0.15) is 0 Å². The molecule has 0 spiro atoms. The fourth-order valence-electron chi connectivity index (χ4n) is 2.67. The number of likely N-dealkylation sites (N-methyl/N-ethyl adjacent to an activating group) is 1. The number of pyridine rings is 1. The van der Waals surface area contributed by atoms with Gasteiger partial charge in [0.2, 0.25) is 0 Å². The van der Waals surface area contributed by atoms with E-state index >= 15 is 0 Å². The van der Waals surface area contributed by atoms with Gasteiger partial charge in [0.15, 0.2) is 0 Å². The molecule has 0 radical (unpaired) electrons. The number of aromatic nitrogens is 1. The summed E-state index contributed by atoms with van der Waals surface area (Å²) >= 11 is 0. The molecule has 2 heterocycles. The van der Waals surface area contributed by atoms with Crippen LogP contribution in [0, 0.1) is 6.92 Å². The second-order valence-corrected chi connectivity index (χ2v) is 5.29. The van der Waals surface area contributed by atoms with E-state index in [0.717, 1.165) is 43.1 Å². The lowest BCUT2D eigenvalue weighted by atomic mass is 10.2. The summed E-state index contributed by atoms with van der Waals surface area (Å²) in [6.07, 6.45) is 1.16. The predicted molar refractivity (Wildman–Crippen MR) is 73.8 cm³/mol. The van der Waals surface area contributed by atoms with Crippen LogP contribution < -0.4 is 4.90 Å². The average molecular weight is 249 g/mol. The van der Waals surface area contributed by atoms with Gasteiger partial charge in [-0.25, -0.2) is 4.98 Å². The molecule has 0 bridgehead atoms. The molecular formula is C14H23N3O. The molecule has 0 amide bonds. The van der Waals surface area contributed by atoms with E-state index in [0.29, 0.717) is 6.04 Å². The Kier molecular flexibility index (Phi) is 4.19. The first-order valence-electron chi connectivity index (χ1n) is 6.63. The van der Waals surface area contributed by atoms with E-state index < -0.39 is 0 Å². The van der Waals surface area contributed by atoms with E-state index in [1.807, 2.05) is 19.1 Å². The highest BCUT2D eigenvalue weighted by Crippen LogP contribution is 2.20. The summed E-state index contributed by atoms with van der Waals surface area (Å²) in [5.41, 5.74) is 1.92. The van der Waals surface area contributed by atoms with Crippen LogP contribution in [0.1, 0.15) is 24.6 Å². The van der Waals surface area contributed by atoms with Gasteiger partial charge >= 0.3 is 0 Å². The third-order valence-electron chi connectivity index (χ3n) is 3.52. The summed E-state index contributed by atoms with van der Waals surface area (Å²) in [7, 11) is 2.17. The van der Waals surface area contributed by atoms with Crippen LogP contribution in [0.3, 0.4) is 0 Å². The van der Waals surface area contributed by atoms with Gasteiger partial charge in [-0.05, 0) is 51.6 Å². The number of aryl methyl sites for hydroxylation is 1. The zero-order chi connectivity index (χ0) is 13.1. The summed E-state index contributed by atoms with van der Waals surface area (Å²) in [6.45, 7) is 7.54. The molecule has 0 saturated carbocycles. The fraction of sp³-hybridized carbons (Fsp3) is 0.643. The lowest BCUT2D eigenvalue weighted by molar-refractivity contribution is 0.281. The zero-order valence-corrected chi connectivity index (χ0v) is 11.6. The first-order valence-corrected chi connectivity index (χ1v) is 6.63. The standard InChI is InChI=1S/C14H23N3O/c1-11-7-13(10-18)8-14(15-11)17-6-4-5-16(3)9-12(17)2/h7-8,12,18H,4-6,9-10H2,1-3H3. The van der Waals surface area contributed by atoms with E-state index in [1.165, 1.54) is 0 Å². The van der Waals surface area contributed by atoms with Crippen molar-refractivity contribution in [3.63, 3.8) is 0 Å². The molecule has 0 aromatic carbocycles. The van der Waals surface area contributed by atoms with Gasteiger partial charge in [0, 0.05) is 24.8 Å². The van der Waals surface area contributed by atoms with Gasteiger partial charge in [0.1, 0.15) is 5.82 Å². The van der Waals surface area contributed by atoms with E-state index in [-0.39, 0.29) is 6.61 Å². The van der Waals surface area contributed by atoms with Crippen LogP contribution in [0.4, 0.5) is 5.82 Å². The molecule has 1 aromatic rings. The molecule has 1 saturated heterocycles. The Bertz CT molecular complexity index is 408. The summed E-state index contributed by atoms with van der Waals surface area (Å²) in [5.74, 6) is 1.00. The highest BCUT2D eigenvalue weighted by molar-refractivity contribution is 5.43. The Morgan fingerprint density at radius 1 is 1.39 bits per heavy atom. The van der Waals surface area contributed by atoms with Crippen LogP contribution in [-0.2, 0) is 6.61 Å². The van der Waals surface area contributed by atoms with Gasteiger partial charge in [-0.15, -0.1) is 0 Å². The van der Waals surface area contributed by atoms with Gasteiger partial charge in [-0.1, -0.05) is 0 Å². The maximum Gasteiger partial charge on any atom is 0.129 e. The Morgan fingerprint density at radius 2 is 2.17 bits per heavy atom. The molecule has 1 aliphatic rings. The largest absolute Gasteiger partial charge is 0.392 e. The van der Waals surface area contributed by atoms with Crippen molar-refractivity contribution in [2.45, 2.75) is 32.9 Å². The van der Waals surface area contributed by atoms with E-state index in [2.05, 4.69) is 28.8 Å². The van der Waals surface area contributed by atoms with Crippen LogP contribution in [0.2, 0.25) is 0 Å². The van der Waals surface area contributed by atoms with Crippen molar-refractivity contribution in [2.24, 2.45) is 0 Å². The highest BCUT2D eigenvalue weighted by atomic mass is 16.3. The van der Waals surface area contributed by atoms with Gasteiger partial charge in [-0.3, -0.25) is 0 Å². The van der Waals surface area contributed by atoms with Crippen LogP contribution in [0.5, 0.6) is 0 Å². The molecule has 0 aliphatic carbocycles. The molecule has 1 N–H and O–H groups in total.